The van der Waals surface area contributed by atoms with Crippen molar-refractivity contribution in [2.45, 2.75) is 307 Å². The molecule has 14 saturated heterocycles. The molecule has 10 bridgehead atoms. The van der Waals surface area contributed by atoms with Crippen molar-refractivity contribution in [1.82, 2.24) is 0 Å². The molecule has 0 saturated carbocycles. The highest BCUT2D eigenvalue weighted by Crippen LogP contribution is 2.56. The summed E-state index contributed by atoms with van der Waals surface area (Å²) in [5.74, 6) is -4.69. The van der Waals surface area contributed by atoms with Crippen molar-refractivity contribution in [3.05, 3.63) is 24.3 Å². The van der Waals surface area contributed by atoms with E-state index >= 15 is 0 Å². The zero-order valence-corrected chi connectivity index (χ0v) is 45.8. The predicted molar refractivity (Wildman–Crippen MR) is 270 cm³/mol. The summed E-state index contributed by atoms with van der Waals surface area (Å²) in [5.41, 5.74) is 2.08. The van der Waals surface area contributed by atoms with Crippen LogP contribution in [0, 0.1) is 23.7 Å². The van der Waals surface area contributed by atoms with Gasteiger partial charge in [0, 0.05) is 70.1 Å². The highest BCUT2D eigenvalue weighted by molar-refractivity contribution is 5.70. The van der Waals surface area contributed by atoms with E-state index in [4.69, 9.17) is 66.3 Å². The second kappa shape index (κ2) is 20.3. The average molecular weight is 1100 g/mol. The van der Waals surface area contributed by atoms with Gasteiger partial charge in [0.1, 0.15) is 24.4 Å². The highest BCUT2D eigenvalue weighted by Gasteiger charge is 2.66. The Hall–Kier alpha value is -2.18. The number of hydrogen-bond donors (Lipinski definition) is 3. The number of carboxylic acids is 1. The number of hydrogen-bond acceptors (Lipinski definition) is 18. The molecule has 2 spiro atoms. The number of aliphatic carboxylic acids is 1. The zero-order valence-electron chi connectivity index (χ0n) is 45.8. The molecule has 0 amide bonds. The van der Waals surface area contributed by atoms with E-state index in [2.05, 4.69) is 40.9 Å². The lowest BCUT2D eigenvalue weighted by Crippen LogP contribution is -2.62. The van der Waals surface area contributed by atoms with Gasteiger partial charge in [-0.15, -0.1) is 0 Å². The number of rotatable bonds is 2. The lowest BCUT2D eigenvalue weighted by molar-refractivity contribution is -0.371. The molecular formula is C59H84O19. The zero-order chi connectivity index (χ0) is 53.7. The molecule has 14 aliphatic heterocycles. The van der Waals surface area contributed by atoms with Crippen molar-refractivity contribution in [1.29, 1.82) is 0 Å². The number of fused-ring (bicyclic) bond motifs is 12. The SMILES string of the molecule is C=C1C[C@@H]2CC[C@@]3(O)C[C@@H]4C[C@@H]5O[C@H]6CC[C@H](CC(=O)O[C@@H]7[C@@H](C)[C@@H]8O[C@@H]9C[C@]%10(C[C@@H]%11O[C@]%12(C[C@H](C)[C@@H]%13O[C@H](CC(=O)O)[C@H](O)C[C@@H]%13O%12)C[C@H](C)[C@@H]%11O%10)O[C@@H]9C[C@@H]8O[C@H]7C[C@H]7O[C@@H](CC[C@@H]1O2)C[C@@H](C)C7=C)O[C@@H]6[C@H](O3)[C@@H]5O4. The third-order valence-corrected chi connectivity index (χ3v) is 21.2. The van der Waals surface area contributed by atoms with E-state index in [0.29, 0.717) is 77.0 Å². The summed E-state index contributed by atoms with van der Waals surface area (Å²) in [6, 6.07) is 0. The Morgan fingerprint density at radius 3 is 2.05 bits per heavy atom. The molecule has 14 aliphatic rings. The maximum atomic E-state index is 14.5. The van der Waals surface area contributed by atoms with Gasteiger partial charge in [-0.2, -0.15) is 0 Å². The number of aliphatic hydroxyl groups is 2. The quantitative estimate of drug-likeness (QED) is 0.225. The Morgan fingerprint density at radius 2 is 1.22 bits per heavy atom. The molecule has 78 heavy (non-hydrogen) atoms. The van der Waals surface area contributed by atoms with Gasteiger partial charge in [-0.25, -0.2) is 0 Å². The van der Waals surface area contributed by atoms with Crippen LogP contribution in [0.5, 0.6) is 0 Å². The molecule has 0 aliphatic carbocycles. The van der Waals surface area contributed by atoms with Crippen molar-refractivity contribution in [3.63, 3.8) is 0 Å². The molecule has 0 unspecified atom stereocenters. The number of carbonyl (C=O) groups excluding carboxylic acids is 1. The van der Waals surface area contributed by atoms with E-state index in [9.17, 15) is 24.9 Å². The van der Waals surface area contributed by atoms with E-state index < -0.39 is 78.3 Å². The van der Waals surface area contributed by atoms with Crippen molar-refractivity contribution in [2.24, 2.45) is 23.7 Å². The number of carbonyl (C=O) groups is 2. The standard InChI is InChI=1S/C59H84O19/c1-26-13-32-7-9-37-27(2)14-34(65-37)11-12-57(64)23-35-15-42-55(68-35)56(77-57)54-38(69-42)10-8-33(67-54)16-49(63)73-53-31(6)52-44(70-43(53)18-39(66-32)30(26)5)19-41-46(72-52)24-59(74-41)25-47-51(78-59)29(4)22-58(76-47)21-28(3)50-45(75-58)17-36(60)40(71-50)20-48(61)62/h26,28-29,31-47,50-56,60,64H,2,5,7-25H2,1,3-4,6H3,(H,61,62)/t26-,28+,29+,31+,32+,33-,34+,35+,36-,37+,38+,39-,40-,41-,42+,43+,44+,45+,46-,47+,50+,51+,52+,53-,54+,55-,56+,57+,58-,59+/m1/s1. The topological polar surface area (TPSA) is 224 Å². The minimum absolute atomic E-state index is 0.00438. The first kappa shape index (κ1) is 53.8. The van der Waals surface area contributed by atoms with Gasteiger partial charge in [-0.05, 0) is 73.8 Å². The van der Waals surface area contributed by atoms with E-state index in [-0.39, 0.29) is 134 Å². The maximum absolute atomic E-state index is 14.5. The Morgan fingerprint density at radius 1 is 0.538 bits per heavy atom. The van der Waals surface area contributed by atoms with E-state index in [0.717, 1.165) is 36.8 Å². The van der Waals surface area contributed by atoms with Gasteiger partial charge >= 0.3 is 11.9 Å². The largest absolute Gasteiger partial charge is 0.481 e. The van der Waals surface area contributed by atoms with Gasteiger partial charge in [0.25, 0.3) is 0 Å². The van der Waals surface area contributed by atoms with Crippen LogP contribution in [0.1, 0.15) is 150 Å². The van der Waals surface area contributed by atoms with Gasteiger partial charge in [-0.1, -0.05) is 40.9 Å². The van der Waals surface area contributed by atoms with Crippen molar-refractivity contribution in [3.8, 4) is 0 Å². The van der Waals surface area contributed by atoms with Crippen molar-refractivity contribution in [2.75, 3.05) is 0 Å². The van der Waals surface area contributed by atoms with Crippen LogP contribution in [0.3, 0.4) is 0 Å². The van der Waals surface area contributed by atoms with Crippen molar-refractivity contribution >= 4 is 11.9 Å². The van der Waals surface area contributed by atoms with Crippen LogP contribution in [0.15, 0.2) is 24.3 Å². The highest BCUT2D eigenvalue weighted by atomic mass is 16.8. The first-order valence-electron chi connectivity index (χ1n) is 30.1. The van der Waals surface area contributed by atoms with Crippen LogP contribution in [-0.4, -0.2) is 185 Å². The van der Waals surface area contributed by atoms with E-state index in [1.54, 1.807) is 0 Å². The Kier molecular flexibility index (Phi) is 14.0. The van der Waals surface area contributed by atoms with Crippen LogP contribution in [0.2, 0.25) is 0 Å². The minimum atomic E-state index is -1.43. The second-order valence-corrected chi connectivity index (χ2v) is 26.9. The molecule has 19 heteroatoms. The summed E-state index contributed by atoms with van der Waals surface area (Å²) in [7, 11) is 0. The van der Waals surface area contributed by atoms with Gasteiger partial charge in [-0.3, -0.25) is 9.59 Å². The molecule has 434 valence electrons. The third kappa shape index (κ3) is 9.80. The fourth-order valence-electron chi connectivity index (χ4n) is 17.5. The number of ether oxygens (including phenoxy) is 14. The monoisotopic (exact) mass is 1100 g/mol. The molecule has 19 nitrogen and oxygen atoms in total. The van der Waals surface area contributed by atoms with Crippen LogP contribution >= 0.6 is 0 Å². The van der Waals surface area contributed by atoms with Gasteiger partial charge in [0.2, 0.25) is 0 Å². The third-order valence-electron chi connectivity index (χ3n) is 21.2. The molecule has 14 fully saturated rings. The normalized spacial score (nSPS) is 56.6. The van der Waals surface area contributed by atoms with Gasteiger partial charge < -0.3 is 81.6 Å². The molecule has 3 N–H and O–H groups in total. The van der Waals surface area contributed by atoms with E-state index in [1.807, 2.05) is 0 Å². The molecule has 30 atom stereocenters. The molecular weight excluding hydrogens is 1010 g/mol. The molecule has 0 aromatic carbocycles. The van der Waals surface area contributed by atoms with Crippen LogP contribution in [0.25, 0.3) is 0 Å². The van der Waals surface area contributed by atoms with E-state index in [1.165, 1.54) is 0 Å². The summed E-state index contributed by atoms with van der Waals surface area (Å²) >= 11 is 0. The predicted octanol–water partition coefficient (Wildman–Crippen LogP) is 5.64. The molecule has 14 rings (SSSR count). The molecule has 0 aromatic rings. The Labute approximate surface area is 457 Å². The molecule has 0 aromatic heterocycles. The van der Waals surface area contributed by atoms with Crippen molar-refractivity contribution < 1.29 is 91.2 Å². The smallest absolute Gasteiger partial charge is 0.308 e. The summed E-state index contributed by atoms with van der Waals surface area (Å²) in [5, 5.41) is 32.6. The van der Waals surface area contributed by atoms with Gasteiger partial charge in [0.05, 0.1) is 129 Å². The fraction of sp³-hybridized carbons (Fsp3) is 0.898. The number of carboxylic acid groups (broad SMARTS) is 1. The Bertz CT molecular complexity index is 2320. The van der Waals surface area contributed by atoms with Crippen LogP contribution in [0.4, 0.5) is 0 Å². The molecule has 0 radical (unpaired) electrons. The Balaban J connectivity index is 0.690. The maximum Gasteiger partial charge on any atom is 0.308 e. The van der Waals surface area contributed by atoms with Gasteiger partial charge in [0.15, 0.2) is 17.4 Å². The first-order valence-corrected chi connectivity index (χ1v) is 30.1. The number of esters is 1. The second-order valence-electron chi connectivity index (χ2n) is 26.9. The average Bonchev–Trinajstić information content (AvgIpc) is 4.14. The minimum Gasteiger partial charge on any atom is -0.481 e. The van der Waals surface area contributed by atoms with Crippen LogP contribution in [-0.2, 0) is 75.9 Å². The lowest BCUT2D eigenvalue weighted by atomic mass is 9.78. The summed E-state index contributed by atoms with van der Waals surface area (Å²) in [6.07, 6.45) is 0.808. The first-order chi connectivity index (χ1) is 37.3. The summed E-state index contributed by atoms with van der Waals surface area (Å²) in [6.45, 7) is 17.6. The summed E-state index contributed by atoms with van der Waals surface area (Å²) < 4.78 is 95.4. The lowest BCUT2D eigenvalue weighted by Gasteiger charge is -2.54. The van der Waals surface area contributed by atoms with Crippen LogP contribution < -0.4 is 0 Å². The number of aliphatic hydroxyl groups excluding tert-OH is 1. The summed E-state index contributed by atoms with van der Waals surface area (Å²) in [4.78, 5) is 26.1. The fourth-order valence-corrected chi connectivity index (χ4v) is 17.5. The molecule has 14 heterocycles.